The number of amides is 2. The van der Waals surface area contributed by atoms with E-state index in [9.17, 15) is 19.2 Å². The van der Waals surface area contributed by atoms with Crippen molar-refractivity contribution in [2.24, 2.45) is 76.4 Å². The average molecular weight is 545 g/mol. The third-order valence-corrected chi connectivity index (χ3v) is 10.9. The van der Waals surface area contributed by atoms with Crippen molar-refractivity contribution < 1.29 is 51.9 Å². The Hall–Kier alpha value is -0.416. The molecule has 185 valence electrons. The molecule has 5 rings (SSSR count). The molecule has 1 aliphatic heterocycles. The van der Waals surface area contributed by atoms with Crippen LogP contribution in [0.2, 0.25) is 0 Å². The predicted octanol–water partition coefficient (Wildman–Crippen LogP) is 4.24. The average Bonchev–Trinajstić information content (AvgIpc) is 3.52. The van der Waals surface area contributed by atoms with E-state index in [1.165, 1.54) is 4.90 Å². The van der Waals surface area contributed by atoms with Gasteiger partial charge in [-0.1, -0.05) is 34.6 Å². The number of carbonyl (C=O) groups excluding carboxylic acids is 4. The maximum absolute atomic E-state index is 13.5. The summed E-state index contributed by atoms with van der Waals surface area (Å²) in [5.41, 5.74) is -0.359. The van der Waals surface area contributed by atoms with Gasteiger partial charge in [0.25, 0.3) is 0 Å². The first-order valence-corrected chi connectivity index (χ1v) is 13.2. The van der Waals surface area contributed by atoms with E-state index in [1.54, 1.807) is 14.0 Å². The Labute approximate surface area is 229 Å². The minimum atomic E-state index is -0.359. The van der Waals surface area contributed by atoms with E-state index in [2.05, 4.69) is 6.92 Å². The molecule has 0 spiro atoms. The van der Waals surface area contributed by atoms with E-state index in [0.717, 1.165) is 25.7 Å². The van der Waals surface area contributed by atoms with Crippen molar-refractivity contribution >= 4 is 23.4 Å². The van der Waals surface area contributed by atoms with Crippen LogP contribution in [-0.2, 0) is 51.9 Å². The second kappa shape index (κ2) is 8.86. The third-order valence-electron chi connectivity index (χ3n) is 10.9. The van der Waals surface area contributed by atoms with Crippen LogP contribution >= 0.6 is 0 Å². The molecule has 4 aliphatic carbocycles. The minimum absolute atomic E-state index is 0. The van der Waals surface area contributed by atoms with Crippen molar-refractivity contribution in [1.29, 1.82) is 0 Å². The van der Waals surface area contributed by atoms with Crippen molar-refractivity contribution in [1.82, 2.24) is 4.90 Å². The number of likely N-dealkylation sites (tertiary alicyclic amines) is 1. The van der Waals surface area contributed by atoms with Gasteiger partial charge in [0, 0.05) is 62.9 Å². The Bertz CT molecular complexity index is 907. The first kappa shape index (κ1) is 26.6. The molecule has 4 bridgehead atoms. The monoisotopic (exact) mass is 544 g/mol. The Morgan fingerprint density at radius 3 is 1.88 bits per heavy atom. The second-order valence-corrected chi connectivity index (χ2v) is 13.4. The van der Waals surface area contributed by atoms with E-state index in [-0.39, 0.29) is 79.5 Å². The van der Waals surface area contributed by atoms with Crippen LogP contribution in [0.25, 0.3) is 0 Å². The summed E-state index contributed by atoms with van der Waals surface area (Å²) >= 11 is 0. The van der Waals surface area contributed by atoms with Crippen molar-refractivity contribution in [3.8, 4) is 0 Å². The molecular weight excluding hydrogens is 503 g/mol. The molecule has 2 amide bonds. The number of carbonyl (C=O) groups is 4. The van der Waals surface area contributed by atoms with E-state index < -0.39 is 0 Å². The zero-order chi connectivity index (χ0) is 24.1. The SMILES string of the molecule is CC(=O)C1CC2CC1C(C)C2C1C2CC(CC2C(=O)C(C)(C)C)C1C1C(=O)N(C)C(=O)C1C.[Y]. The van der Waals surface area contributed by atoms with Gasteiger partial charge in [0.05, 0.1) is 5.92 Å². The van der Waals surface area contributed by atoms with Gasteiger partial charge in [-0.2, -0.15) is 0 Å². The maximum atomic E-state index is 13.5. The molecule has 1 heterocycles. The molecule has 5 nitrogen and oxygen atoms in total. The van der Waals surface area contributed by atoms with Crippen LogP contribution in [0.5, 0.6) is 0 Å². The first-order valence-electron chi connectivity index (χ1n) is 13.2. The number of ketones is 2. The molecule has 34 heavy (non-hydrogen) atoms. The van der Waals surface area contributed by atoms with Gasteiger partial charge in [-0.05, 0) is 80.0 Å². The quantitative estimate of drug-likeness (QED) is 0.497. The molecule has 12 unspecified atom stereocenters. The van der Waals surface area contributed by atoms with Crippen LogP contribution in [0.1, 0.15) is 67.2 Å². The maximum Gasteiger partial charge on any atom is 0.233 e. The Kier molecular flexibility index (Phi) is 6.94. The van der Waals surface area contributed by atoms with Crippen LogP contribution in [0.3, 0.4) is 0 Å². The number of fused-ring (bicyclic) bond motifs is 4. The molecule has 5 fully saturated rings. The molecule has 0 aromatic carbocycles. The molecule has 0 aromatic heterocycles. The zero-order valence-corrected chi connectivity index (χ0v) is 24.8. The number of imide groups is 1. The summed E-state index contributed by atoms with van der Waals surface area (Å²) in [6.07, 6.45) is 3.98. The number of hydrogen-bond donors (Lipinski definition) is 0. The van der Waals surface area contributed by atoms with Crippen molar-refractivity contribution in [3.05, 3.63) is 0 Å². The smallest absolute Gasteiger partial charge is 0.233 e. The molecule has 12 atom stereocenters. The van der Waals surface area contributed by atoms with Gasteiger partial charge < -0.3 is 0 Å². The number of hydrogen-bond acceptors (Lipinski definition) is 4. The van der Waals surface area contributed by atoms with Crippen LogP contribution in [0.15, 0.2) is 0 Å². The Balaban J connectivity index is 0.00000274. The fourth-order valence-electron chi connectivity index (χ4n) is 9.74. The largest absolute Gasteiger partial charge is 0.300 e. The predicted molar refractivity (Wildman–Crippen MR) is 125 cm³/mol. The van der Waals surface area contributed by atoms with Gasteiger partial charge in [-0.15, -0.1) is 0 Å². The van der Waals surface area contributed by atoms with E-state index in [4.69, 9.17) is 0 Å². The normalized spacial score (nSPS) is 47.4. The van der Waals surface area contributed by atoms with Gasteiger partial charge in [0.2, 0.25) is 11.8 Å². The minimum Gasteiger partial charge on any atom is -0.300 e. The van der Waals surface area contributed by atoms with E-state index in [1.807, 2.05) is 27.7 Å². The van der Waals surface area contributed by atoms with Crippen LogP contribution in [-0.4, -0.2) is 35.3 Å². The molecular formula is C28H41NO4Y. The molecule has 1 radical (unpaired) electrons. The second-order valence-electron chi connectivity index (χ2n) is 13.4. The summed E-state index contributed by atoms with van der Waals surface area (Å²) in [6.45, 7) is 12.1. The van der Waals surface area contributed by atoms with E-state index >= 15 is 0 Å². The van der Waals surface area contributed by atoms with Crippen LogP contribution in [0.4, 0.5) is 0 Å². The summed E-state index contributed by atoms with van der Waals surface area (Å²) in [7, 11) is 1.63. The summed E-state index contributed by atoms with van der Waals surface area (Å²) in [5, 5.41) is 0. The number of Topliss-reactive ketones (excluding diaryl/α,β-unsaturated/α-hetero) is 2. The van der Waals surface area contributed by atoms with Crippen LogP contribution in [0, 0.1) is 76.4 Å². The number of nitrogens with zero attached hydrogens (tertiary/aromatic N) is 1. The topological polar surface area (TPSA) is 71.5 Å². The summed E-state index contributed by atoms with van der Waals surface area (Å²) in [4.78, 5) is 53.2. The van der Waals surface area contributed by atoms with Gasteiger partial charge in [0.15, 0.2) is 0 Å². The fraction of sp³-hybridized carbons (Fsp3) is 0.857. The molecule has 0 N–H and O–H groups in total. The van der Waals surface area contributed by atoms with Gasteiger partial charge in [0.1, 0.15) is 11.6 Å². The van der Waals surface area contributed by atoms with Gasteiger partial charge >= 0.3 is 0 Å². The molecule has 0 aromatic rings. The van der Waals surface area contributed by atoms with Crippen LogP contribution < -0.4 is 0 Å². The third kappa shape index (κ3) is 3.68. The van der Waals surface area contributed by atoms with E-state index in [0.29, 0.717) is 53.0 Å². The summed E-state index contributed by atoms with van der Waals surface area (Å²) in [5.74, 6) is 3.40. The summed E-state index contributed by atoms with van der Waals surface area (Å²) < 4.78 is 0. The zero-order valence-electron chi connectivity index (χ0n) is 21.9. The number of rotatable bonds is 4. The molecule has 6 heteroatoms. The Morgan fingerprint density at radius 1 is 0.824 bits per heavy atom. The summed E-state index contributed by atoms with van der Waals surface area (Å²) in [6, 6.07) is 0. The Morgan fingerprint density at radius 2 is 1.38 bits per heavy atom. The van der Waals surface area contributed by atoms with Crippen molar-refractivity contribution in [2.45, 2.75) is 67.2 Å². The fourth-order valence-corrected chi connectivity index (χ4v) is 9.74. The first-order chi connectivity index (χ1) is 15.3. The standard InChI is InChI=1S/C28H41NO4.Y/c1-12-17-8-15(9-18(17)14(3)30)21(12)24-19-10-16(11-20(19)25(31)28(4,5)6)23(24)22-13(2)26(32)29(7)27(22)33;/h12-13,15-24H,8-11H2,1-7H3;. The van der Waals surface area contributed by atoms with Gasteiger partial charge in [-0.3, -0.25) is 24.1 Å². The molecule has 5 aliphatic rings. The molecule has 4 saturated carbocycles. The van der Waals surface area contributed by atoms with Crippen molar-refractivity contribution in [2.75, 3.05) is 7.05 Å². The molecule has 1 saturated heterocycles. The van der Waals surface area contributed by atoms with Gasteiger partial charge in [-0.25, -0.2) is 0 Å². The van der Waals surface area contributed by atoms with Crippen molar-refractivity contribution in [3.63, 3.8) is 0 Å².